The molecule has 0 aliphatic rings. The molecule has 0 spiro atoms. The number of ether oxygens (including phenoxy) is 1. The highest BCUT2D eigenvalue weighted by atomic mass is 16.5. The maximum absolute atomic E-state index is 13.6. The van der Waals surface area contributed by atoms with Gasteiger partial charge in [-0.3, -0.25) is 9.59 Å². The Balaban J connectivity index is 5.94. The molecule has 6 nitrogen and oxygen atoms in total. The molecule has 0 fully saturated rings. The van der Waals surface area contributed by atoms with Crippen LogP contribution in [-0.4, -0.2) is 48.4 Å². The van der Waals surface area contributed by atoms with Crippen LogP contribution >= 0.6 is 0 Å². The predicted octanol–water partition coefficient (Wildman–Crippen LogP) is 5.36. The number of esters is 1. The molecule has 0 saturated carbocycles. The van der Waals surface area contributed by atoms with Gasteiger partial charge in [0.2, 0.25) is 11.8 Å². The van der Waals surface area contributed by atoms with E-state index in [4.69, 9.17) is 4.74 Å². The van der Waals surface area contributed by atoms with Crippen LogP contribution in [0.3, 0.4) is 0 Å². The van der Waals surface area contributed by atoms with Gasteiger partial charge in [-0.05, 0) is 57.3 Å². The van der Waals surface area contributed by atoms with Crippen molar-refractivity contribution in [2.24, 2.45) is 23.2 Å². The summed E-state index contributed by atoms with van der Waals surface area (Å²) in [6.07, 6.45) is 4.63. The highest BCUT2D eigenvalue weighted by Crippen LogP contribution is 2.34. The minimum absolute atomic E-state index is 0.0343. The molecular weight excluding hydrogens is 416 g/mol. The first-order valence-electron chi connectivity index (χ1n) is 12.7. The zero-order chi connectivity index (χ0) is 25.9. The van der Waals surface area contributed by atoms with Gasteiger partial charge in [0.25, 0.3) is 0 Å². The van der Waals surface area contributed by atoms with Crippen LogP contribution in [0.2, 0.25) is 0 Å². The molecule has 0 aliphatic heterocycles. The smallest absolute Gasteiger partial charge is 0.333 e. The van der Waals surface area contributed by atoms with E-state index >= 15 is 0 Å². The molecule has 0 aliphatic carbocycles. The molecule has 0 saturated heterocycles. The quantitative estimate of drug-likeness (QED) is 0.276. The lowest BCUT2D eigenvalue weighted by Gasteiger charge is -2.36. The van der Waals surface area contributed by atoms with Crippen molar-refractivity contribution in [1.82, 2.24) is 10.2 Å². The summed E-state index contributed by atoms with van der Waals surface area (Å²) in [4.78, 5) is 40.9. The van der Waals surface area contributed by atoms with Crippen LogP contribution in [0.5, 0.6) is 0 Å². The summed E-state index contributed by atoms with van der Waals surface area (Å²) in [6.45, 7) is 20.3. The normalized spacial score (nSPS) is 14.4. The van der Waals surface area contributed by atoms with Crippen LogP contribution in [0.1, 0.15) is 94.9 Å². The average molecular weight is 467 g/mol. The van der Waals surface area contributed by atoms with Crippen LogP contribution in [0, 0.1) is 23.2 Å². The third kappa shape index (κ3) is 9.50. The van der Waals surface area contributed by atoms with E-state index in [1.165, 1.54) is 0 Å². The van der Waals surface area contributed by atoms with Gasteiger partial charge in [0.1, 0.15) is 6.04 Å². The topological polar surface area (TPSA) is 75.7 Å². The van der Waals surface area contributed by atoms with Gasteiger partial charge in [-0.1, -0.05) is 61.5 Å². The molecule has 0 bridgehead atoms. The summed E-state index contributed by atoms with van der Waals surface area (Å²) in [7, 11) is 1.75. The Kier molecular flexibility index (Phi) is 13.6. The van der Waals surface area contributed by atoms with Crippen LogP contribution in [-0.2, 0) is 19.1 Å². The highest BCUT2D eigenvalue weighted by Gasteiger charge is 2.38. The Morgan fingerprint density at radius 3 is 1.91 bits per heavy atom. The number of hydrogen-bond donors (Lipinski definition) is 1. The summed E-state index contributed by atoms with van der Waals surface area (Å²) in [5.41, 5.74) is 0.00710. The minimum atomic E-state index is -0.607. The maximum Gasteiger partial charge on any atom is 0.333 e. The summed E-state index contributed by atoms with van der Waals surface area (Å²) >= 11 is 0. The lowest BCUT2D eigenvalue weighted by Crippen LogP contribution is -2.54. The van der Waals surface area contributed by atoms with Gasteiger partial charge in [-0.15, -0.1) is 0 Å². The molecule has 2 amide bonds. The zero-order valence-corrected chi connectivity index (χ0v) is 23.1. The van der Waals surface area contributed by atoms with Gasteiger partial charge in [-0.2, -0.15) is 0 Å². The molecule has 0 aromatic heterocycles. The Hall–Kier alpha value is -1.85. The zero-order valence-electron chi connectivity index (χ0n) is 23.1. The fourth-order valence-corrected chi connectivity index (χ4v) is 4.45. The number of nitrogens with one attached hydrogen (secondary N) is 1. The number of carbonyl (C=O) groups excluding carboxylic acids is 3. The van der Waals surface area contributed by atoms with Crippen LogP contribution in [0.15, 0.2) is 11.6 Å². The molecule has 0 aromatic carbocycles. The molecule has 6 heteroatoms. The molecule has 0 rings (SSSR count). The van der Waals surface area contributed by atoms with Crippen molar-refractivity contribution in [3.8, 4) is 0 Å². The number of likely N-dealkylation sites (N-methyl/N-ethyl adjacent to an activating group) is 1. The van der Waals surface area contributed by atoms with Gasteiger partial charge in [-0.25, -0.2) is 4.79 Å². The fourth-order valence-electron chi connectivity index (χ4n) is 4.45. The van der Waals surface area contributed by atoms with Crippen molar-refractivity contribution in [2.75, 3.05) is 13.7 Å². The first-order chi connectivity index (χ1) is 15.3. The summed E-state index contributed by atoms with van der Waals surface area (Å²) < 4.78 is 5.10. The van der Waals surface area contributed by atoms with E-state index in [2.05, 4.69) is 46.9 Å². The molecule has 0 aromatic rings. The van der Waals surface area contributed by atoms with Crippen LogP contribution < -0.4 is 5.32 Å². The first-order valence-corrected chi connectivity index (χ1v) is 12.7. The number of rotatable bonds is 14. The van der Waals surface area contributed by atoms with E-state index in [0.29, 0.717) is 24.5 Å². The van der Waals surface area contributed by atoms with Crippen molar-refractivity contribution in [3.05, 3.63) is 11.6 Å². The molecule has 0 heterocycles. The van der Waals surface area contributed by atoms with Crippen molar-refractivity contribution in [1.29, 1.82) is 0 Å². The molecule has 33 heavy (non-hydrogen) atoms. The third-order valence-electron chi connectivity index (χ3n) is 6.44. The van der Waals surface area contributed by atoms with Crippen molar-refractivity contribution in [2.45, 2.75) is 107 Å². The molecular formula is C27H50N2O4. The molecule has 0 unspecified atom stereocenters. The third-order valence-corrected chi connectivity index (χ3v) is 6.44. The van der Waals surface area contributed by atoms with E-state index in [1.54, 1.807) is 31.9 Å². The Morgan fingerprint density at radius 2 is 1.52 bits per heavy atom. The number of carbonyl (C=O) groups is 3. The summed E-state index contributed by atoms with van der Waals surface area (Å²) in [5.74, 6) is 0.177. The maximum atomic E-state index is 13.6. The summed E-state index contributed by atoms with van der Waals surface area (Å²) in [6, 6.07) is -0.893. The first kappa shape index (κ1) is 31.1. The van der Waals surface area contributed by atoms with Crippen LogP contribution in [0.4, 0.5) is 0 Å². The minimum Gasteiger partial charge on any atom is -0.463 e. The second-order valence-electron chi connectivity index (χ2n) is 10.5. The second kappa shape index (κ2) is 14.4. The Bertz CT molecular complexity index is 663. The number of nitrogens with zero attached hydrogens (tertiary/aromatic N) is 1. The lowest BCUT2D eigenvalue weighted by atomic mass is 9.74. The Labute approximate surface area is 202 Å². The van der Waals surface area contributed by atoms with Crippen molar-refractivity contribution in [3.63, 3.8) is 0 Å². The summed E-state index contributed by atoms with van der Waals surface area (Å²) in [5, 5.41) is 3.12. The van der Waals surface area contributed by atoms with E-state index < -0.39 is 11.5 Å². The van der Waals surface area contributed by atoms with Crippen molar-refractivity contribution >= 4 is 17.8 Å². The van der Waals surface area contributed by atoms with Crippen molar-refractivity contribution < 1.29 is 19.1 Å². The molecule has 1 N–H and O–H groups in total. The number of hydrogen-bond acceptors (Lipinski definition) is 4. The molecule has 192 valence electrons. The number of amides is 2. The van der Waals surface area contributed by atoms with E-state index in [1.807, 2.05) is 13.8 Å². The highest BCUT2D eigenvalue weighted by molar-refractivity contribution is 5.91. The van der Waals surface area contributed by atoms with Gasteiger partial charge >= 0.3 is 5.97 Å². The van der Waals surface area contributed by atoms with Crippen LogP contribution in [0.25, 0.3) is 0 Å². The monoisotopic (exact) mass is 466 g/mol. The standard InChI is InChI=1S/C27H50N2O4/c1-12-27(13-2,17-19(6)7)26(32)28-22(15-18(4)5)24(30)29(11)23(20(8)9)16-21(10)25(31)33-14-3/h16,18-20,22-23H,12-15,17H2,1-11H3,(H,28,32)/b21-16+/t22-,23+/m0/s1. The predicted molar refractivity (Wildman–Crippen MR) is 136 cm³/mol. The van der Waals surface area contributed by atoms with E-state index in [9.17, 15) is 14.4 Å². The van der Waals surface area contributed by atoms with E-state index in [-0.39, 0.29) is 35.7 Å². The van der Waals surface area contributed by atoms with Gasteiger partial charge in [0.15, 0.2) is 0 Å². The average Bonchev–Trinajstić information content (AvgIpc) is 2.73. The largest absolute Gasteiger partial charge is 0.463 e. The van der Waals surface area contributed by atoms with Gasteiger partial charge in [0.05, 0.1) is 12.6 Å². The van der Waals surface area contributed by atoms with E-state index in [0.717, 1.165) is 19.3 Å². The second-order valence-corrected chi connectivity index (χ2v) is 10.5. The molecule has 0 radical (unpaired) electrons. The Morgan fingerprint density at radius 1 is 0.970 bits per heavy atom. The lowest BCUT2D eigenvalue weighted by molar-refractivity contribution is -0.141. The van der Waals surface area contributed by atoms with Gasteiger partial charge in [0, 0.05) is 18.0 Å². The fraction of sp³-hybridized carbons (Fsp3) is 0.815. The van der Waals surface area contributed by atoms with Gasteiger partial charge < -0.3 is 15.0 Å². The molecule has 2 atom stereocenters. The SMILES string of the molecule is CCOC(=O)/C(C)=C/[C@H](C(C)C)N(C)C(=O)[C@H](CC(C)C)NC(=O)C(CC)(CC)CC(C)C.